The number of halogens is 3. The summed E-state index contributed by atoms with van der Waals surface area (Å²) in [7, 11) is 0. The SMILES string of the molecule is C[C@H]1CN(C2CCC(CC(=O)N3CCc4ncc(C(F)(F)F)cc4C3)C2)CC[C@@]12C=Cc1ccccc12. The molecule has 7 heteroatoms. The van der Waals surface area contributed by atoms with Gasteiger partial charge in [-0.15, -0.1) is 0 Å². The van der Waals surface area contributed by atoms with E-state index in [1.54, 1.807) is 4.90 Å². The number of likely N-dealkylation sites (tertiary alicyclic amines) is 1. The van der Waals surface area contributed by atoms with Crippen LogP contribution in [0.25, 0.3) is 6.08 Å². The highest BCUT2D eigenvalue weighted by Gasteiger charge is 2.45. The summed E-state index contributed by atoms with van der Waals surface area (Å²) in [6.07, 6.45) is 6.52. The summed E-state index contributed by atoms with van der Waals surface area (Å²) >= 11 is 0. The molecule has 4 nitrogen and oxygen atoms in total. The van der Waals surface area contributed by atoms with Gasteiger partial charge in [-0.3, -0.25) is 9.78 Å². The van der Waals surface area contributed by atoms with Crippen molar-refractivity contribution in [2.45, 2.75) is 69.6 Å². The summed E-state index contributed by atoms with van der Waals surface area (Å²) in [5, 5.41) is 0. The molecule has 2 aliphatic heterocycles. The third kappa shape index (κ3) is 4.49. The smallest absolute Gasteiger partial charge is 0.338 e. The Morgan fingerprint density at radius 1 is 1.19 bits per heavy atom. The Kier molecular flexibility index (Phi) is 6.17. The Hall–Kier alpha value is -2.67. The minimum atomic E-state index is -4.42. The van der Waals surface area contributed by atoms with Crippen LogP contribution in [0.3, 0.4) is 0 Å². The predicted molar refractivity (Wildman–Crippen MR) is 137 cm³/mol. The minimum Gasteiger partial charge on any atom is -0.338 e. The van der Waals surface area contributed by atoms with E-state index < -0.39 is 11.7 Å². The van der Waals surface area contributed by atoms with E-state index in [4.69, 9.17) is 0 Å². The van der Waals surface area contributed by atoms with Gasteiger partial charge in [0.15, 0.2) is 0 Å². The molecule has 2 fully saturated rings. The molecule has 37 heavy (non-hydrogen) atoms. The zero-order chi connectivity index (χ0) is 25.8. The molecule has 1 amide bonds. The summed E-state index contributed by atoms with van der Waals surface area (Å²) in [6.45, 7) is 5.28. The van der Waals surface area contributed by atoms with E-state index in [-0.39, 0.29) is 17.9 Å². The van der Waals surface area contributed by atoms with E-state index in [1.165, 1.54) is 11.1 Å². The number of hydrogen-bond donors (Lipinski definition) is 0. The van der Waals surface area contributed by atoms with Crippen molar-refractivity contribution in [2.75, 3.05) is 19.6 Å². The van der Waals surface area contributed by atoms with Gasteiger partial charge in [0, 0.05) is 55.8 Å². The van der Waals surface area contributed by atoms with Crippen LogP contribution in [-0.4, -0.2) is 46.4 Å². The van der Waals surface area contributed by atoms with Crippen LogP contribution >= 0.6 is 0 Å². The Labute approximate surface area is 216 Å². The number of pyridine rings is 1. The van der Waals surface area contributed by atoms with Gasteiger partial charge < -0.3 is 9.80 Å². The number of amides is 1. The van der Waals surface area contributed by atoms with E-state index in [0.717, 1.165) is 51.0 Å². The number of carbonyl (C=O) groups excluding carboxylic acids is 1. The van der Waals surface area contributed by atoms with Crippen LogP contribution in [0.15, 0.2) is 42.6 Å². The maximum absolute atomic E-state index is 13.1. The Morgan fingerprint density at radius 3 is 2.84 bits per heavy atom. The highest BCUT2D eigenvalue weighted by Crippen LogP contribution is 2.48. The number of rotatable bonds is 3. The average Bonchev–Trinajstić information content (AvgIpc) is 3.50. The largest absolute Gasteiger partial charge is 0.417 e. The lowest BCUT2D eigenvalue weighted by Crippen LogP contribution is -2.50. The Bertz CT molecular complexity index is 1220. The zero-order valence-corrected chi connectivity index (χ0v) is 21.3. The fourth-order valence-electron chi connectivity index (χ4n) is 7.29. The fraction of sp³-hybridized carbons (Fsp3) is 0.533. The highest BCUT2D eigenvalue weighted by molar-refractivity contribution is 5.76. The van der Waals surface area contributed by atoms with Gasteiger partial charge in [0.1, 0.15) is 0 Å². The van der Waals surface area contributed by atoms with E-state index in [1.807, 2.05) is 0 Å². The van der Waals surface area contributed by atoms with Crippen molar-refractivity contribution in [3.05, 3.63) is 70.6 Å². The fourth-order valence-corrected chi connectivity index (χ4v) is 7.29. The molecule has 6 rings (SSSR count). The van der Waals surface area contributed by atoms with Crippen molar-refractivity contribution in [1.82, 2.24) is 14.8 Å². The first kappa shape index (κ1) is 24.7. The van der Waals surface area contributed by atoms with Gasteiger partial charge in [-0.25, -0.2) is 0 Å². The second kappa shape index (κ2) is 9.26. The second-order valence-corrected chi connectivity index (χ2v) is 11.5. The molecule has 3 heterocycles. The summed E-state index contributed by atoms with van der Waals surface area (Å²) in [5.74, 6) is 0.939. The topological polar surface area (TPSA) is 36.4 Å². The lowest BCUT2D eigenvalue weighted by atomic mass is 9.68. The van der Waals surface area contributed by atoms with E-state index in [9.17, 15) is 18.0 Å². The first-order valence-electron chi connectivity index (χ1n) is 13.6. The van der Waals surface area contributed by atoms with Gasteiger partial charge in [0.2, 0.25) is 5.91 Å². The Morgan fingerprint density at radius 2 is 2.03 bits per heavy atom. The minimum absolute atomic E-state index is 0.0624. The van der Waals surface area contributed by atoms with Crippen molar-refractivity contribution in [1.29, 1.82) is 0 Å². The molecule has 2 aromatic rings. The number of carbonyl (C=O) groups is 1. The molecular formula is C30H34F3N3O. The molecular weight excluding hydrogens is 475 g/mol. The number of allylic oxidation sites excluding steroid dienone is 1. The molecule has 0 N–H and O–H groups in total. The summed E-state index contributed by atoms with van der Waals surface area (Å²) in [6, 6.07) is 10.4. The van der Waals surface area contributed by atoms with Crippen LogP contribution in [0, 0.1) is 11.8 Å². The molecule has 1 aromatic carbocycles. The van der Waals surface area contributed by atoms with Gasteiger partial charge in [-0.1, -0.05) is 43.3 Å². The number of hydrogen-bond acceptors (Lipinski definition) is 3. The highest BCUT2D eigenvalue weighted by atomic mass is 19.4. The number of nitrogens with zero attached hydrogens (tertiary/aromatic N) is 3. The van der Waals surface area contributed by atoms with Crippen LogP contribution in [0.1, 0.15) is 67.0 Å². The molecule has 1 saturated heterocycles. The van der Waals surface area contributed by atoms with Crippen LogP contribution in [0.5, 0.6) is 0 Å². The molecule has 0 radical (unpaired) electrons. The van der Waals surface area contributed by atoms with Gasteiger partial charge >= 0.3 is 6.18 Å². The second-order valence-electron chi connectivity index (χ2n) is 11.5. The van der Waals surface area contributed by atoms with Crippen LogP contribution < -0.4 is 0 Å². The lowest BCUT2D eigenvalue weighted by Gasteiger charge is -2.46. The van der Waals surface area contributed by atoms with Gasteiger partial charge in [-0.05, 0) is 66.8 Å². The molecule has 0 bridgehead atoms. The summed E-state index contributed by atoms with van der Waals surface area (Å²) < 4.78 is 39.4. The zero-order valence-electron chi connectivity index (χ0n) is 21.3. The van der Waals surface area contributed by atoms with Crippen LogP contribution in [0.2, 0.25) is 0 Å². The first-order chi connectivity index (χ1) is 17.7. The number of benzene rings is 1. The third-order valence-corrected chi connectivity index (χ3v) is 9.44. The van der Waals surface area contributed by atoms with Gasteiger partial charge in [-0.2, -0.15) is 13.2 Å². The molecule has 196 valence electrons. The Balaban J connectivity index is 1.04. The van der Waals surface area contributed by atoms with Crippen molar-refractivity contribution in [3.8, 4) is 0 Å². The monoisotopic (exact) mass is 509 g/mol. The molecule has 1 aromatic heterocycles. The number of aromatic nitrogens is 1. The third-order valence-electron chi connectivity index (χ3n) is 9.44. The van der Waals surface area contributed by atoms with Crippen molar-refractivity contribution >= 4 is 12.0 Å². The predicted octanol–water partition coefficient (Wildman–Crippen LogP) is 5.85. The molecule has 1 saturated carbocycles. The summed E-state index contributed by atoms with van der Waals surface area (Å²) in [4.78, 5) is 21.5. The lowest BCUT2D eigenvalue weighted by molar-refractivity contribution is -0.137. The molecule has 2 unspecified atom stereocenters. The van der Waals surface area contributed by atoms with Crippen molar-refractivity contribution in [3.63, 3.8) is 0 Å². The summed E-state index contributed by atoms with van der Waals surface area (Å²) in [5.41, 5.74) is 3.43. The number of fused-ring (bicyclic) bond motifs is 3. The standard InChI is InChI=1S/C30H34F3N3O/c1-20-18-35(13-11-29(20)10-8-22-4-2-3-5-26(22)29)25-7-6-21(14-25)15-28(37)36-12-9-27-23(19-36)16-24(17-34-27)30(31,32)33/h2-5,8,10,16-17,20-21,25H,6-7,9,11-15,18-19H2,1H3/t20-,21?,25?,29-/m0/s1. The molecule has 4 atom stereocenters. The van der Waals surface area contributed by atoms with Crippen LogP contribution in [-0.2, 0) is 29.4 Å². The number of alkyl halides is 3. The van der Waals surface area contributed by atoms with E-state index >= 15 is 0 Å². The molecule has 1 spiro atoms. The van der Waals surface area contributed by atoms with Crippen molar-refractivity contribution in [2.24, 2.45) is 11.8 Å². The molecule has 2 aliphatic carbocycles. The van der Waals surface area contributed by atoms with Gasteiger partial charge in [0.05, 0.1) is 5.56 Å². The van der Waals surface area contributed by atoms with E-state index in [0.29, 0.717) is 48.5 Å². The maximum atomic E-state index is 13.1. The van der Waals surface area contributed by atoms with E-state index in [2.05, 4.69) is 53.2 Å². The maximum Gasteiger partial charge on any atom is 0.417 e. The first-order valence-corrected chi connectivity index (χ1v) is 13.6. The normalized spacial score (nSPS) is 29.5. The quantitative estimate of drug-likeness (QED) is 0.521. The van der Waals surface area contributed by atoms with Gasteiger partial charge in [0.25, 0.3) is 0 Å². The van der Waals surface area contributed by atoms with Crippen LogP contribution in [0.4, 0.5) is 13.2 Å². The average molecular weight is 510 g/mol. The molecule has 4 aliphatic rings. The number of piperidine rings is 1. The van der Waals surface area contributed by atoms with Crippen molar-refractivity contribution < 1.29 is 18.0 Å².